The maximum absolute atomic E-state index is 14.0. The Balaban J connectivity index is 1.66. The molecule has 3 heterocycles. The average molecular weight is 400 g/mol. The Morgan fingerprint density at radius 1 is 1.39 bits per heavy atom. The number of methoxy groups -OCH3 is 1. The molecule has 0 saturated carbocycles. The van der Waals surface area contributed by atoms with Gasteiger partial charge in [-0.05, 0) is 25.1 Å². The Morgan fingerprint density at radius 3 is 2.89 bits per heavy atom. The number of fused-ring (bicyclic) bond motifs is 1. The molecule has 1 aromatic carbocycles. The Morgan fingerprint density at radius 2 is 2.21 bits per heavy atom. The third-order valence-electron chi connectivity index (χ3n) is 4.66. The number of ether oxygens (including phenoxy) is 1. The van der Waals surface area contributed by atoms with Crippen LogP contribution < -0.4 is 4.74 Å². The molecule has 7 nitrogen and oxygen atoms in total. The number of hydrogen-bond donors (Lipinski definition) is 0. The number of rotatable bonds is 5. The molecule has 0 N–H and O–H groups in total. The van der Waals surface area contributed by atoms with E-state index in [4.69, 9.17) is 9.26 Å². The van der Waals surface area contributed by atoms with E-state index in [1.807, 2.05) is 6.92 Å². The van der Waals surface area contributed by atoms with Gasteiger partial charge in [-0.3, -0.25) is 9.20 Å². The number of nitrogens with zero attached hydrogens (tertiary/aromatic N) is 4. The van der Waals surface area contributed by atoms with E-state index in [-0.39, 0.29) is 17.7 Å². The predicted molar refractivity (Wildman–Crippen MR) is 102 cm³/mol. The maximum Gasteiger partial charge on any atom is 0.272 e. The topological polar surface area (TPSA) is 72.9 Å². The third-order valence-corrected chi connectivity index (χ3v) is 5.50. The molecule has 0 aliphatic carbocycles. The number of hydrogen-bond acceptors (Lipinski definition) is 6. The van der Waals surface area contributed by atoms with Crippen molar-refractivity contribution in [1.82, 2.24) is 19.4 Å². The molecule has 9 heteroatoms. The zero-order valence-corrected chi connectivity index (χ0v) is 16.2. The van der Waals surface area contributed by atoms with Crippen LogP contribution in [0.3, 0.4) is 0 Å². The zero-order valence-electron chi connectivity index (χ0n) is 15.4. The molecule has 0 aliphatic rings. The molecular formula is C19H17FN4O3S. The molecule has 0 bridgehead atoms. The first-order valence-electron chi connectivity index (χ1n) is 8.47. The summed E-state index contributed by atoms with van der Waals surface area (Å²) in [6.45, 7) is 1.87. The highest BCUT2D eigenvalue weighted by Crippen LogP contribution is 2.28. The van der Waals surface area contributed by atoms with Crippen LogP contribution in [0, 0.1) is 5.82 Å². The molecular weight excluding hydrogens is 383 g/mol. The second-order valence-corrected chi connectivity index (χ2v) is 7.10. The molecule has 3 aromatic heterocycles. The number of benzene rings is 1. The number of imidazole rings is 1. The summed E-state index contributed by atoms with van der Waals surface area (Å²) in [7, 11) is 3.13. The van der Waals surface area contributed by atoms with Gasteiger partial charge in [0, 0.05) is 30.3 Å². The third kappa shape index (κ3) is 3.03. The first kappa shape index (κ1) is 18.2. The van der Waals surface area contributed by atoms with Gasteiger partial charge >= 0.3 is 0 Å². The van der Waals surface area contributed by atoms with Gasteiger partial charge in [-0.25, -0.2) is 9.37 Å². The van der Waals surface area contributed by atoms with Crippen LogP contribution >= 0.6 is 11.3 Å². The van der Waals surface area contributed by atoms with Crippen LogP contribution in [0.4, 0.5) is 4.39 Å². The van der Waals surface area contributed by atoms with Gasteiger partial charge in [-0.1, -0.05) is 5.16 Å². The fourth-order valence-electron chi connectivity index (χ4n) is 2.89. The smallest absolute Gasteiger partial charge is 0.272 e. The van der Waals surface area contributed by atoms with Crippen LogP contribution in [0.25, 0.3) is 16.2 Å². The summed E-state index contributed by atoms with van der Waals surface area (Å²) < 4.78 is 25.6. The van der Waals surface area contributed by atoms with E-state index in [0.29, 0.717) is 27.6 Å². The second kappa shape index (κ2) is 7.08. The summed E-state index contributed by atoms with van der Waals surface area (Å²) in [5, 5.41) is 5.66. The SMILES string of the molecule is COc1ccc(-c2cn3c(C(=O)N(C)C(C)c4ccon4)csc3n2)cc1F. The number of halogens is 1. The van der Waals surface area contributed by atoms with Crippen molar-refractivity contribution in [2.24, 2.45) is 0 Å². The minimum absolute atomic E-state index is 0.170. The van der Waals surface area contributed by atoms with Gasteiger partial charge in [-0.2, -0.15) is 0 Å². The number of amides is 1. The minimum atomic E-state index is -0.464. The van der Waals surface area contributed by atoms with Crippen molar-refractivity contribution >= 4 is 22.2 Å². The lowest BCUT2D eigenvalue weighted by molar-refractivity contribution is 0.0731. The minimum Gasteiger partial charge on any atom is -0.494 e. The van der Waals surface area contributed by atoms with Gasteiger partial charge in [0.25, 0.3) is 5.91 Å². The van der Waals surface area contributed by atoms with Crippen molar-refractivity contribution in [3.05, 3.63) is 59.3 Å². The zero-order chi connectivity index (χ0) is 19.8. The Kier molecular flexibility index (Phi) is 4.60. The van der Waals surface area contributed by atoms with Crippen LogP contribution in [-0.2, 0) is 0 Å². The van der Waals surface area contributed by atoms with Gasteiger partial charge in [-0.15, -0.1) is 11.3 Å². The van der Waals surface area contributed by atoms with Gasteiger partial charge in [0.05, 0.1) is 18.8 Å². The summed E-state index contributed by atoms with van der Waals surface area (Å²) in [5.74, 6) is -0.468. The number of carbonyl (C=O) groups is 1. The second-order valence-electron chi connectivity index (χ2n) is 6.27. The first-order valence-corrected chi connectivity index (χ1v) is 9.35. The van der Waals surface area contributed by atoms with E-state index in [1.54, 1.807) is 46.1 Å². The van der Waals surface area contributed by atoms with Crippen LogP contribution in [0.2, 0.25) is 0 Å². The number of carbonyl (C=O) groups excluding carboxylic acids is 1. The molecule has 0 aliphatic heterocycles. The molecule has 28 heavy (non-hydrogen) atoms. The molecule has 0 spiro atoms. The molecule has 0 radical (unpaired) electrons. The van der Waals surface area contributed by atoms with Gasteiger partial charge < -0.3 is 14.2 Å². The molecule has 4 rings (SSSR count). The highest BCUT2D eigenvalue weighted by Gasteiger charge is 2.24. The Bertz CT molecular complexity index is 1140. The monoisotopic (exact) mass is 400 g/mol. The van der Waals surface area contributed by atoms with E-state index in [0.717, 1.165) is 0 Å². The van der Waals surface area contributed by atoms with Crippen molar-refractivity contribution < 1.29 is 18.4 Å². The Labute approximate surface area is 164 Å². The summed E-state index contributed by atoms with van der Waals surface area (Å²) in [4.78, 5) is 19.7. The largest absolute Gasteiger partial charge is 0.494 e. The number of aromatic nitrogens is 3. The van der Waals surface area contributed by atoms with Crippen molar-refractivity contribution in [2.45, 2.75) is 13.0 Å². The van der Waals surface area contributed by atoms with Crippen LogP contribution in [0.5, 0.6) is 5.75 Å². The fourth-order valence-corrected chi connectivity index (χ4v) is 3.74. The number of thiazole rings is 1. The summed E-state index contributed by atoms with van der Waals surface area (Å²) in [6.07, 6.45) is 3.21. The van der Waals surface area contributed by atoms with Crippen LogP contribution in [-0.4, -0.2) is 39.5 Å². The summed E-state index contributed by atoms with van der Waals surface area (Å²) in [6, 6.07) is 6.13. The summed E-state index contributed by atoms with van der Waals surface area (Å²) in [5.41, 5.74) is 2.33. The van der Waals surface area contributed by atoms with Crippen molar-refractivity contribution in [3.8, 4) is 17.0 Å². The Hall–Kier alpha value is -3.20. The van der Waals surface area contributed by atoms with E-state index < -0.39 is 5.82 Å². The lowest BCUT2D eigenvalue weighted by Crippen LogP contribution is -2.30. The van der Waals surface area contributed by atoms with Gasteiger partial charge in [0.2, 0.25) is 0 Å². The summed E-state index contributed by atoms with van der Waals surface area (Å²) >= 11 is 1.35. The van der Waals surface area contributed by atoms with E-state index >= 15 is 0 Å². The highest BCUT2D eigenvalue weighted by atomic mass is 32.1. The molecule has 0 saturated heterocycles. The van der Waals surface area contributed by atoms with Gasteiger partial charge in [0.1, 0.15) is 17.7 Å². The maximum atomic E-state index is 14.0. The lowest BCUT2D eigenvalue weighted by atomic mass is 10.1. The standard InChI is InChI=1S/C19H17FN4O3S/c1-11(14-6-7-27-22-14)23(2)18(25)16-10-28-19-21-15(9-24(16)19)12-4-5-17(26-3)13(20)8-12/h4-11H,1-3H3. The molecule has 1 atom stereocenters. The molecule has 1 amide bonds. The average Bonchev–Trinajstić information content (AvgIpc) is 3.42. The van der Waals surface area contributed by atoms with E-state index in [1.165, 1.54) is 30.8 Å². The van der Waals surface area contributed by atoms with E-state index in [9.17, 15) is 9.18 Å². The predicted octanol–water partition coefficient (Wildman–Crippen LogP) is 4.03. The molecule has 0 fully saturated rings. The van der Waals surface area contributed by atoms with Crippen LogP contribution in [0.1, 0.15) is 29.1 Å². The van der Waals surface area contributed by atoms with Crippen LogP contribution in [0.15, 0.2) is 46.6 Å². The highest BCUT2D eigenvalue weighted by molar-refractivity contribution is 7.15. The molecule has 4 aromatic rings. The molecule has 1 unspecified atom stereocenters. The van der Waals surface area contributed by atoms with Gasteiger partial charge in [0.15, 0.2) is 16.5 Å². The fraction of sp³-hybridized carbons (Fsp3) is 0.211. The molecule has 144 valence electrons. The lowest BCUT2D eigenvalue weighted by Gasteiger charge is -2.22. The van der Waals surface area contributed by atoms with Crippen molar-refractivity contribution in [1.29, 1.82) is 0 Å². The normalized spacial score (nSPS) is 12.3. The van der Waals surface area contributed by atoms with E-state index in [2.05, 4.69) is 10.1 Å². The first-order chi connectivity index (χ1) is 13.5. The van der Waals surface area contributed by atoms with Crippen molar-refractivity contribution in [2.75, 3.05) is 14.2 Å². The van der Waals surface area contributed by atoms with Crippen molar-refractivity contribution in [3.63, 3.8) is 0 Å². The quantitative estimate of drug-likeness (QED) is 0.506.